The lowest BCUT2D eigenvalue weighted by Crippen LogP contribution is -2.37. The summed E-state index contributed by atoms with van der Waals surface area (Å²) in [6, 6.07) is 0. The molecule has 0 aromatic heterocycles. The number of halogens is 1. The third-order valence-electron chi connectivity index (χ3n) is 5.40. The van der Waals surface area contributed by atoms with Gasteiger partial charge in [0, 0.05) is 31.5 Å². The summed E-state index contributed by atoms with van der Waals surface area (Å²) in [5.74, 6) is 0. The molecule has 0 radical (unpaired) electrons. The smallest absolute Gasteiger partial charge is 0.0710 e. The molecule has 3 aliphatic rings. The second kappa shape index (κ2) is 7.08. The molecule has 1 unspecified atom stereocenters. The number of rotatable bonds is 4. The van der Waals surface area contributed by atoms with E-state index >= 15 is 0 Å². The maximum absolute atomic E-state index is 6.47. The Bertz CT molecular complexity index is 307. The molecule has 20 heavy (non-hydrogen) atoms. The minimum atomic E-state index is 0.304. The molecule has 3 nitrogen and oxygen atoms in total. The lowest BCUT2D eigenvalue weighted by Gasteiger charge is -2.27. The first-order valence-corrected chi connectivity index (χ1v) is 9.60. The molecule has 1 saturated carbocycles. The van der Waals surface area contributed by atoms with Gasteiger partial charge in [0.25, 0.3) is 0 Å². The van der Waals surface area contributed by atoms with Gasteiger partial charge in [-0.05, 0) is 45.2 Å². The minimum Gasteiger partial charge on any atom is -0.370 e. The molecule has 2 heterocycles. The fourth-order valence-electron chi connectivity index (χ4n) is 4.25. The summed E-state index contributed by atoms with van der Waals surface area (Å²) in [5, 5.41) is 1.10. The van der Waals surface area contributed by atoms with Crippen molar-refractivity contribution in [1.82, 2.24) is 9.80 Å². The van der Waals surface area contributed by atoms with Gasteiger partial charge in [-0.25, -0.2) is 0 Å². The first-order valence-electron chi connectivity index (χ1n) is 8.48. The monoisotopic (exact) mass is 344 g/mol. The van der Waals surface area contributed by atoms with Crippen LogP contribution in [0.1, 0.15) is 44.9 Å². The Hall–Kier alpha value is 0.360. The molecular formula is C16H29BrN2O. The van der Waals surface area contributed by atoms with Gasteiger partial charge in [0.2, 0.25) is 0 Å². The highest BCUT2D eigenvalue weighted by atomic mass is 79.9. The second-order valence-electron chi connectivity index (χ2n) is 6.85. The predicted molar refractivity (Wildman–Crippen MR) is 86.6 cm³/mol. The summed E-state index contributed by atoms with van der Waals surface area (Å²) in [7, 11) is 0. The summed E-state index contributed by atoms with van der Waals surface area (Å²) in [6.07, 6.45) is 9.85. The van der Waals surface area contributed by atoms with Crippen LogP contribution in [0, 0.1) is 0 Å². The SMILES string of the molecule is BrCCN1CCCN(CC2CCC3(CCCC3)O2)CC1. The molecule has 2 aliphatic heterocycles. The van der Waals surface area contributed by atoms with Crippen molar-refractivity contribution < 1.29 is 4.74 Å². The molecule has 1 atom stereocenters. The van der Waals surface area contributed by atoms with E-state index in [0.717, 1.165) is 5.33 Å². The number of hydrogen-bond donors (Lipinski definition) is 0. The lowest BCUT2D eigenvalue weighted by atomic mass is 9.98. The van der Waals surface area contributed by atoms with Crippen LogP contribution in [0.5, 0.6) is 0 Å². The van der Waals surface area contributed by atoms with Crippen molar-refractivity contribution in [3.63, 3.8) is 0 Å². The molecule has 4 heteroatoms. The van der Waals surface area contributed by atoms with Crippen LogP contribution in [0.25, 0.3) is 0 Å². The van der Waals surface area contributed by atoms with E-state index in [-0.39, 0.29) is 0 Å². The lowest BCUT2D eigenvalue weighted by molar-refractivity contribution is -0.0468. The van der Waals surface area contributed by atoms with Crippen LogP contribution in [0.4, 0.5) is 0 Å². The van der Waals surface area contributed by atoms with Crippen LogP contribution in [0.15, 0.2) is 0 Å². The maximum atomic E-state index is 6.47. The van der Waals surface area contributed by atoms with Crippen LogP contribution in [-0.2, 0) is 4.74 Å². The second-order valence-corrected chi connectivity index (χ2v) is 7.65. The zero-order valence-corrected chi connectivity index (χ0v) is 14.2. The van der Waals surface area contributed by atoms with Gasteiger partial charge >= 0.3 is 0 Å². The average Bonchev–Trinajstić information content (AvgIpc) is 3.00. The Morgan fingerprint density at radius 1 is 0.950 bits per heavy atom. The van der Waals surface area contributed by atoms with Crippen LogP contribution < -0.4 is 0 Å². The van der Waals surface area contributed by atoms with Gasteiger partial charge in [-0.15, -0.1) is 0 Å². The van der Waals surface area contributed by atoms with E-state index in [0.29, 0.717) is 11.7 Å². The first kappa shape index (κ1) is 15.3. The Morgan fingerprint density at radius 2 is 1.70 bits per heavy atom. The molecule has 0 aromatic rings. The van der Waals surface area contributed by atoms with Gasteiger partial charge in [0.1, 0.15) is 0 Å². The van der Waals surface area contributed by atoms with E-state index in [1.807, 2.05) is 0 Å². The predicted octanol–water partition coefficient (Wildman–Crippen LogP) is 2.88. The normalized spacial score (nSPS) is 31.9. The van der Waals surface area contributed by atoms with Crippen molar-refractivity contribution in [2.75, 3.05) is 44.6 Å². The molecule has 116 valence electrons. The summed E-state index contributed by atoms with van der Waals surface area (Å²) in [6.45, 7) is 7.33. The third kappa shape index (κ3) is 3.76. The largest absolute Gasteiger partial charge is 0.370 e. The van der Waals surface area contributed by atoms with Crippen molar-refractivity contribution in [3.05, 3.63) is 0 Å². The summed E-state index contributed by atoms with van der Waals surface area (Å²) in [5.41, 5.74) is 0.304. The molecule has 3 fully saturated rings. The zero-order chi connectivity index (χ0) is 13.8. The molecular weight excluding hydrogens is 316 g/mol. The fourth-order valence-corrected chi connectivity index (χ4v) is 4.75. The van der Waals surface area contributed by atoms with Gasteiger partial charge in [0.05, 0.1) is 11.7 Å². The van der Waals surface area contributed by atoms with Crippen molar-refractivity contribution in [2.45, 2.75) is 56.7 Å². The van der Waals surface area contributed by atoms with Gasteiger partial charge in [0.15, 0.2) is 0 Å². The van der Waals surface area contributed by atoms with Crippen LogP contribution in [0.2, 0.25) is 0 Å². The molecule has 0 bridgehead atoms. The van der Waals surface area contributed by atoms with E-state index in [4.69, 9.17) is 4.74 Å². The number of nitrogens with zero attached hydrogens (tertiary/aromatic N) is 2. The highest BCUT2D eigenvalue weighted by Crippen LogP contribution is 2.43. The molecule has 1 aliphatic carbocycles. The summed E-state index contributed by atoms with van der Waals surface area (Å²) >= 11 is 3.56. The van der Waals surface area contributed by atoms with E-state index in [1.54, 1.807) is 0 Å². The molecule has 1 spiro atoms. The van der Waals surface area contributed by atoms with Gasteiger partial charge in [-0.1, -0.05) is 28.8 Å². The number of alkyl halides is 1. The fraction of sp³-hybridized carbons (Fsp3) is 1.00. The average molecular weight is 345 g/mol. The quantitative estimate of drug-likeness (QED) is 0.729. The third-order valence-corrected chi connectivity index (χ3v) is 5.75. The standard InChI is InChI=1S/C16H29BrN2O/c17-8-11-18-9-3-10-19(13-12-18)14-15-4-7-16(20-15)5-1-2-6-16/h15H,1-14H2. The van der Waals surface area contributed by atoms with Gasteiger partial charge in [-0.2, -0.15) is 0 Å². The molecule has 0 aromatic carbocycles. The summed E-state index contributed by atoms with van der Waals surface area (Å²) < 4.78 is 6.47. The Kier molecular flexibility index (Phi) is 5.40. The molecule has 2 saturated heterocycles. The minimum absolute atomic E-state index is 0.304. The summed E-state index contributed by atoms with van der Waals surface area (Å²) in [4.78, 5) is 5.23. The van der Waals surface area contributed by atoms with E-state index in [1.165, 1.54) is 84.2 Å². The highest BCUT2D eigenvalue weighted by Gasteiger charge is 2.42. The topological polar surface area (TPSA) is 15.7 Å². The van der Waals surface area contributed by atoms with E-state index in [9.17, 15) is 0 Å². The van der Waals surface area contributed by atoms with Gasteiger partial charge < -0.3 is 9.64 Å². The van der Waals surface area contributed by atoms with Crippen molar-refractivity contribution in [1.29, 1.82) is 0 Å². The molecule has 0 amide bonds. The Labute approximate surface area is 132 Å². The van der Waals surface area contributed by atoms with Crippen LogP contribution in [-0.4, -0.2) is 66.1 Å². The zero-order valence-electron chi connectivity index (χ0n) is 12.7. The van der Waals surface area contributed by atoms with Crippen molar-refractivity contribution in [3.8, 4) is 0 Å². The molecule has 3 rings (SSSR count). The number of hydrogen-bond acceptors (Lipinski definition) is 3. The van der Waals surface area contributed by atoms with Gasteiger partial charge in [-0.3, -0.25) is 4.90 Å². The molecule has 0 N–H and O–H groups in total. The number of ether oxygens (including phenoxy) is 1. The first-order chi connectivity index (χ1) is 9.80. The van der Waals surface area contributed by atoms with Crippen LogP contribution >= 0.6 is 15.9 Å². The maximum Gasteiger partial charge on any atom is 0.0710 e. The Morgan fingerprint density at radius 3 is 2.50 bits per heavy atom. The van der Waals surface area contributed by atoms with E-state index < -0.39 is 0 Å². The van der Waals surface area contributed by atoms with E-state index in [2.05, 4.69) is 25.7 Å². The van der Waals surface area contributed by atoms with Crippen LogP contribution in [0.3, 0.4) is 0 Å². The highest BCUT2D eigenvalue weighted by molar-refractivity contribution is 9.09. The van der Waals surface area contributed by atoms with Crippen molar-refractivity contribution in [2.24, 2.45) is 0 Å². The van der Waals surface area contributed by atoms with Crippen molar-refractivity contribution >= 4 is 15.9 Å². The Balaban J connectivity index is 1.44.